The van der Waals surface area contributed by atoms with Crippen LogP contribution in [0, 0.1) is 22.7 Å². The molecule has 7 atom stereocenters. The SMILES string of the molecule is CC(=O)O[C@H]1C[C@@]2(C)[C@H](CC[C@H](C)[C@]23Cc2c(O)cc4c(c2O3)CN([C@@H](CCC(N)=O)C(=O)O)C4=O)C(C)(C)[C@@H]1O. The second-order valence-electron chi connectivity index (χ2n) is 13.3. The van der Waals surface area contributed by atoms with Gasteiger partial charge >= 0.3 is 11.9 Å². The fraction of sp³-hybridized carbons (Fsp3) is 0.667. The van der Waals surface area contributed by atoms with Gasteiger partial charge in [-0.05, 0) is 49.0 Å². The summed E-state index contributed by atoms with van der Waals surface area (Å²) >= 11 is 0. The van der Waals surface area contributed by atoms with Crippen molar-refractivity contribution < 1.29 is 44.0 Å². The Bertz CT molecular complexity index is 1330. The van der Waals surface area contributed by atoms with E-state index in [1.165, 1.54) is 17.9 Å². The highest BCUT2D eigenvalue weighted by Gasteiger charge is 2.69. The molecule has 0 radical (unpaired) electrons. The zero-order valence-corrected chi connectivity index (χ0v) is 24.2. The van der Waals surface area contributed by atoms with Crippen LogP contribution in [0.25, 0.3) is 0 Å². The summed E-state index contributed by atoms with van der Waals surface area (Å²) in [5.74, 6) is -2.63. The fourth-order valence-electron chi connectivity index (χ4n) is 8.66. The van der Waals surface area contributed by atoms with Crippen LogP contribution in [0.1, 0.15) is 88.2 Å². The Kier molecular flexibility index (Phi) is 6.83. The van der Waals surface area contributed by atoms with Crippen molar-refractivity contribution in [3.05, 3.63) is 22.8 Å². The Balaban J connectivity index is 1.57. The number of aliphatic hydroxyl groups is 1. The third-order valence-electron chi connectivity index (χ3n) is 10.7. The van der Waals surface area contributed by atoms with Gasteiger partial charge in [0.2, 0.25) is 5.91 Å². The topological polar surface area (TPSA) is 177 Å². The number of nitrogens with zero attached hydrogens (tertiary/aromatic N) is 1. The average molecular weight is 573 g/mol. The molecule has 41 heavy (non-hydrogen) atoms. The lowest BCUT2D eigenvalue weighted by Crippen LogP contribution is -2.69. The molecule has 0 aromatic heterocycles. The maximum absolute atomic E-state index is 13.4. The van der Waals surface area contributed by atoms with Crippen LogP contribution in [-0.4, -0.2) is 67.8 Å². The van der Waals surface area contributed by atoms with Gasteiger partial charge in [0.05, 0.1) is 18.2 Å². The van der Waals surface area contributed by atoms with E-state index in [1.54, 1.807) is 0 Å². The molecule has 2 aliphatic heterocycles. The van der Waals surface area contributed by atoms with Gasteiger partial charge in [0.15, 0.2) is 0 Å². The van der Waals surface area contributed by atoms with Gasteiger partial charge in [-0.3, -0.25) is 14.4 Å². The highest BCUT2D eigenvalue weighted by Crippen LogP contribution is 2.67. The van der Waals surface area contributed by atoms with Crippen LogP contribution >= 0.6 is 0 Å². The maximum atomic E-state index is 13.4. The monoisotopic (exact) mass is 572 g/mol. The van der Waals surface area contributed by atoms with E-state index in [0.717, 1.165) is 12.8 Å². The summed E-state index contributed by atoms with van der Waals surface area (Å²) in [6.07, 6.45) is 0.441. The van der Waals surface area contributed by atoms with Gasteiger partial charge < -0.3 is 35.4 Å². The Morgan fingerprint density at radius 3 is 2.51 bits per heavy atom. The van der Waals surface area contributed by atoms with Crippen LogP contribution in [0.15, 0.2) is 6.07 Å². The number of benzene rings is 1. The number of phenols is 1. The molecule has 1 spiro atoms. The third-order valence-corrected chi connectivity index (χ3v) is 10.7. The van der Waals surface area contributed by atoms with E-state index in [0.29, 0.717) is 29.7 Å². The van der Waals surface area contributed by atoms with Crippen LogP contribution in [0.4, 0.5) is 0 Å². The van der Waals surface area contributed by atoms with Crippen molar-refractivity contribution in [1.82, 2.24) is 4.90 Å². The van der Waals surface area contributed by atoms with Crippen LogP contribution in [-0.2, 0) is 32.1 Å². The zero-order valence-electron chi connectivity index (χ0n) is 24.2. The summed E-state index contributed by atoms with van der Waals surface area (Å²) in [4.78, 5) is 50.1. The lowest BCUT2D eigenvalue weighted by atomic mass is 9.43. The molecule has 0 unspecified atom stereocenters. The van der Waals surface area contributed by atoms with Crippen molar-refractivity contribution in [2.24, 2.45) is 28.4 Å². The normalized spacial score (nSPS) is 33.9. The van der Waals surface area contributed by atoms with E-state index >= 15 is 0 Å². The maximum Gasteiger partial charge on any atom is 0.326 e. The van der Waals surface area contributed by atoms with Gasteiger partial charge in [-0.1, -0.05) is 27.7 Å². The van der Waals surface area contributed by atoms with E-state index in [9.17, 15) is 34.5 Å². The molecule has 2 fully saturated rings. The van der Waals surface area contributed by atoms with Gasteiger partial charge in [-0.15, -0.1) is 0 Å². The number of hydrogen-bond donors (Lipinski definition) is 4. The molecule has 4 aliphatic rings. The highest BCUT2D eigenvalue weighted by atomic mass is 16.6. The Morgan fingerprint density at radius 1 is 1.22 bits per heavy atom. The van der Waals surface area contributed by atoms with Crippen LogP contribution < -0.4 is 10.5 Å². The van der Waals surface area contributed by atoms with Gasteiger partial charge in [0.1, 0.15) is 29.2 Å². The van der Waals surface area contributed by atoms with Gasteiger partial charge in [-0.25, -0.2) is 4.79 Å². The van der Waals surface area contributed by atoms with Crippen molar-refractivity contribution in [2.45, 2.75) is 104 Å². The number of amides is 2. The van der Waals surface area contributed by atoms with Gasteiger partial charge in [0.25, 0.3) is 5.91 Å². The summed E-state index contributed by atoms with van der Waals surface area (Å²) in [5, 5.41) is 32.3. The molecule has 5 N–H and O–H groups in total. The number of aliphatic carboxylic acids is 1. The number of fused-ring (bicyclic) bond motifs is 5. The van der Waals surface area contributed by atoms with E-state index in [4.69, 9.17) is 15.2 Å². The first-order valence-corrected chi connectivity index (χ1v) is 14.3. The smallest absolute Gasteiger partial charge is 0.326 e. The quantitative estimate of drug-likeness (QED) is 0.373. The average Bonchev–Trinajstić information content (AvgIpc) is 3.42. The highest BCUT2D eigenvalue weighted by molar-refractivity contribution is 6.02. The number of carboxylic acid groups (broad SMARTS) is 1. The van der Waals surface area contributed by atoms with Gasteiger partial charge in [0, 0.05) is 36.3 Å². The molecule has 2 amide bonds. The lowest BCUT2D eigenvalue weighted by Gasteiger charge is -2.65. The third kappa shape index (κ3) is 4.18. The molecule has 11 heteroatoms. The summed E-state index contributed by atoms with van der Waals surface area (Å²) in [6.45, 7) is 9.48. The molecule has 224 valence electrons. The second-order valence-corrected chi connectivity index (χ2v) is 13.3. The fourth-order valence-corrected chi connectivity index (χ4v) is 8.66. The zero-order chi connectivity index (χ0) is 30.2. The Hall–Kier alpha value is -3.34. The molecule has 0 bridgehead atoms. The molecule has 2 heterocycles. The molecular weight excluding hydrogens is 532 g/mol. The van der Waals surface area contributed by atoms with E-state index in [-0.39, 0.29) is 42.5 Å². The molecule has 2 aliphatic carbocycles. The summed E-state index contributed by atoms with van der Waals surface area (Å²) in [6, 6.07) is 0.117. The predicted octanol–water partition coefficient (Wildman–Crippen LogP) is 2.52. The number of hydrogen-bond acceptors (Lipinski definition) is 8. The second kappa shape index (κ2) is 9.61. The summed E-state index contributed by atoms with van der Waals surface area (Å²) < 4.78 is 12.6. The number of phenolic OH excluding ortho intramolecular Hbond substituents is 1. The molecule has 1 aromatic rings. The standard InChI is InChI=1S/C30H40N2O9/c1-14-6-8-22-28(3,4)25(36)21(40-15(2)33)12-29(22,5)30(14)11-17-20(34)10-16-18(24(17)41-30)13-32(26(16)37)19(27(38)39)7-9-23(31)35/h10,14,19,21-22,25,34,36H,6-9,11-13H2,1-5H3,(H2,31,35)(H,38,39)/t14-,19-,21-,22+,25+,29-,30+/m0/s1. The van der Waals surface area contributed by atoms with E-state index in [2.05, 4.69) is 13.8 Å². The largest absolute Gasteiger partial charge is 0.508 e. The number of carbonyl (C=O) groups is 4. The van der Waals surface area contributed by atoms with Crippen molar-refractivity contribution in [1.29, 1.82) is 0 Å². The molecule has 1 aromatic carbocycles. The van der Waals surface area contributed by atoms with Crippen molar-refractivity contribution in [3.8, 4) is 11.5 Å². The van der Waals surface area contributed by atoms with E-state index in [1.807, 2.05) is 13.8 Å². The summed E-state index contributed by atoms with van der Waals surface area (Å²) in [7, 11) is 0. The number of rotatable bonds is 6. The van der Waals surface area contributed by atoms with Crippen LogP contribution in [0.3, 0.4) is 0 Å². The van der Waals surface area contributed by atoms with Crippen LogP contribution in [0.2, 0.25) is 0 Å². The molecule has 0 saturated heterocycles. The molecular formula is C30H40N2O9. The van der Waals surface area contributed by atoms with Gasteiger partial charge in [-0.2, -0.15) is 0 Å². The van der Waals surface area contributed by atoms with Crippen molar-refractivity contribution >= 4 is 23.8 Å². The predicted molar refractivity (Wildman–Crippen MR) is 145 cm³/mol. The lowest BCUT2D eigenvalue weighted by molar-refractivity contribution is -0.245. The van der Waals surface area contributed by atoms with Crippen molar-refractivity contribution in [3.63, 3.8) is 0 Å². The minimum absolute atomic E-state index is 0.000771. The number of aliphatic hydroxyl groups excluding tert-OH is 1. The Morgan fingerprint density at radius 2 is 1.90 bits per heavy atom. The number of esters is 1. The first-order valence-electron chi connectivity index (χ1n) is 14.3. The minimum Gasteiger partial charge on any atom is -0.508 e. The number of carbonyl (C=O) groups excluding carboxylic acids is 3. The van der Waals surface area contributed by atoms with Crippen LogP contribution in [0.5, 0.6) is 11.5 Å². The Labute approximate surface area is 239 Å². The number of carboxylic acids is 1. The van der Waals surface area contributed by atoms with Crippen molar-refractivity contribution in [2.75, 3.05) is 0 Å². The molecule has 2 saturated carbocycles. The van der Waals surface area contributed by atoms with E-state index < -0.39 is 58.4 Å². The number of primary amides is 1. The number of nitrogens with two attached hydrogens (primary N) is 1. The first-order chi connectivity index (χ1) is 19.0. The molecule has 11 nitrogen and oxygen atoms in total. The number of aromatic hydroxyl groups is 1. The first kappa shape index (κ1) is 29.2. The molecule has 5 rings (SSSR count). The summed E-state index contributed by atoms with van der Waals surface area (Å²) in [5.41, 5.74) is 4.45. The number of ether oxygens (including phenoxy) is 2. The minimum atomic E-state index is -1.27.